The number of carbonyl (C=O) groups is 2. The predicted octanol–water partition coefficient (Wildman–Crippen LogP) is 5.48. The van der Waals surface area contributed by atoms with Crippen molar-refractivity contribution in [2.45, 2.75) is 39.4 Å². The largest absolute Gasteiger partial charge is 0.508 e. The van der Waals surface area contributed by atoms with Gasteiger partial charge in [-0.2, -0.15) is 0 Å². The summed E-state index contributed by atoms with van der Waals surface area (Å²) < 4.78 is 16.8. The number of carboxylic acids is 1. The molecule has 1 heterocycles. The van der Waals surface area contributed by atoms with Crippen LogP contribution in [0.4, 0.5) is 5.69 Å². The summed E-state index contributed by atoms with van der Waals surface area (Å²) in [4.78, 5) is 36.9. The average Bonchev–Trinajstić information content (AvgIpc) is 2.87. The standard InChI is InChI=1S/C29H29NO8/c1-3-36-27(37-4-2)7-5-6-26(33)30-17-8-11-20(23(14-17)29(34)35)28-21-12-9-18(31)15-24(21)38-25-16-19(32)10-13-22(25)28/h8-16,27,31H,3-7H2,1-2H3,(H,30,33)(H,34,35). The number of phenolic OH excluding ortho intramolecular Hbond substituents is 1. The first-order chi connectivity index (χ1) is 18.3. The highest BCUT2D eigenvalue weighted by molar-refractivity contribution is 6.08. The SMILES string of the molecule is CCOC(CCCC(=O)Nc1ccc(-c2c3ccc(=O)cc-3oc3cc(O)ccc23)c(C(=O)O)c1)OCC. The van der Waals surface area contributed by atoms with Crippen LogP contribution in [0.1, 0.15) is 43.5 Å². The molecular formula is C29H29NO8. The second-order valence-corrected chi connectivity index (χ2v) is 8.66. The Morgan fingerprint density at radius 1 is 0.974 bits per heavy atom. The number of amides is 1. The van der Waals surface area contributed by atoms with E-state index in [0.29, 0.717) is 59.4 Å². The fraction of sp³-hybridized carbons (Fsp3) is 0.276. The maximum Gasteiger partial charge on any atom is 0.336 e. The quantitative estimate of drug-likeness (QED) is 0.175. The lowest BCUT2D eigenvalue weighted by Gasteiger charge is -2.18. The number of aromatic carboxylic acids is 1. The second kappa shape index (κ2) is 11.9. The molecule has 9 heteroatoms. The van der Waals surface area contributed by atoms with E-state index < -0.39 is 5.97 Å². The molecule has 2 aromatic carbocycles. The highest BCUT2D eigenvalue weighted by Crippen LogP contribution is 2.42. The van der Waals surface area contributed by atoms with Crippen molar-refractivity contribution in [1.82, 2.24) is 0 Å². The third-order valence-corrected chi connectivity index (χ3v) is 6.03. The summed E-state index contributed by atoms with van der Waals surface area (Å²) in [7, 11) is 0. The van der Waals surface area contributed by atoms with Gasteiger partial charge in [-0.15, -0.1) is 0 Å². The Morgan fingerprint density at radius 2 is 1.71 bits per heavy atom. The summed E-state index contributed by atoms with van der Waals surface area (Å²) in [6, 6.07) is 13.5. The van der Waals surface area contributed by atoms with Crippen LogP contribution in [-0.2, 0) is 14.3 Å². The van der Waals surface area contributed by atoms with E-state index >= 15 is 0 Å². The molecule has 0 saturated carbocycles. The van der Waals surface area contributed by atoms with Crippen LogP contribution in [0.15, 0.2) is 63.8 Å². The van der Waals surface area contributed by atoms with Crippen LogP contribution in [0.5, 0.6) is 5.75 Å². The van der Waals surface area contributed by atoms with Gasteiger partial charge in [-0.05, 0) is 68.7 Å². The smallest absolute Gasteiger partial charge is 0.336 e. The van der Waals surface area contributed by atoms with E-state index in [-0.39, 0.29) is 41.1 Å². The van der Waals surface area contributed by atoms with Gasteiger partial charge in [-0.3, -0.25) is 9.59 Å². The minimum absolute atomic E-state index is 0.0322. The van der Waals surface area contributed by atoms with E-state index in [4.69, 9.17) is 13.9 Å². The Balaban J connectivity index is 1.66. The zero-order valence-corrected chi connectivity index (χ0v) is 21.2. The van der Waals surface area contributed by atoms with Crippen molar-refractivity contribution in [3.05, 3.63) is 70.4 Å². The van der Waals surface area contributed by atoms with Crippen LogP contribution in [0, 0.1) is 0 Å². The van der Waals surface area contributed by atoms with Gasteiger partial charge in [0.05, 0.1) is 5.56 Å². The highest BCUT2D eigenvalue weighted by atomic mass is 16.7. The number of hydrogen-bond donors (Lipinski definition) is 3. The van der Waals surface area contributed by atoms with Gasteiger partial charge < -0.3 is 29.4 Å². The predicted molar refractivity (Wildman–Crippen MR) is 143 cm³/mol. The van der Waals surface area contributed by atoms with Crippen LogP contribution in [0.25, 0.3) is 33.4 Å². The number of ether oxygens (including phenoxy) is 2. The number of nitrogens with one attached hydrogen (secondary N) is 1. The molecule has 0 unspecified atom stereocenters. The molecule has 198 valence electrons. The molecule has 4 rings (SSSR count). The van der Waals surface area contributed by atoms with E-state index in [1.807, 2.05) is 13.8 Å². The molecule has 0 fully saturated rings. The normalized spacial score (nSPS) is 11.3. The van der Waals surface area contributed by atoms with Gasteiger partial charge in [0, 0.05) is 54.0 Å². The van der Waals surface area contributed by atoms with Crippen LogP contribution in [0.2, 0.25) is 0 Å². The van der Waals surface area contributed by atoms with Gasteiger partial charge >= 0.3 is 5.97 Å². The first kappa shape index (κ1) is 26.8. The van der Waals surface area contributed by atoms with Gasteiger partial charge in [0.25, 0.3) is 0 Å². The number of fused-ring (bicyclic) bond motifs is 2. The average molecular weight is 520 g/mol. The summed E-state index contributed by atoms with van der Waals surface area (Å²) in [5.41, 5.74) is 1.79. The minimum Gasteiger partial charge on any atom is -0.508 e. The zero-order valence-electron chi connectivity index (χ0n) is 21.2. The molecule has 0 spiro atoms. The number of rotatable bonds is 11. The first-order valence-corrected chi connectivity index (χ1v) is 12.4. The van der Waals surface area contributed by atoms with Crippen LogP contribution < -0.4 is 10.7 Å². The van der Waals surface area contributed by atoms with Gasteiger partial charge in [-0.1, -0.05) is 6.07 Å². The lowest BCUT2D eigenvalue weighted by atomic mass is 9.90. The van der Waals surface area contributed by atoms with Crippen molar-refractivity contribution in [3.63, 3.8) is 0 Å². The van der Waals surface area contributed by atoms with Crippen molar-refractivity contribution in [1.29, 1.82) is 0 Å². The molecule has 2 aromatic rings. The molecule has 0 atom stereocenters. The van der Waals surface area contributed by atoms with Gasteiger partial charge in [0.15, 0.2) is 11.7 Å². The van der Waals surface area contributed by atoms with E-state index in [0.717, 1.165) is 0 Å². The monoisotopic (exact) mass is 519 g/mol. The fourth-order valence-electron chi connectivity index (χ4n) is 4.41. The molecule has 0 radical (unpaired) electrons. The molecule has 0 saturated heterocycles. The van der Waals surface area contributed by atoms with Crippen LogP contribution in [0.3, 0.4) is 0 Å². The lowest BCUT2D eigenvalue weighted by Crippen LogP contribution is -2.18. The van der Waals surface area contributed by atoms with Gasteiger partial charge in [0.2, 0.25) is 5.91 Å². The maximum absolute atomic E-state index is 12.6. The Kier molecular flexibility index (Phi) is 8.40. The number of hydrogen-bond acceptors (Lipinski definition) is 7. The summed E-state index contributed by atoms with van der Waals surface area (Å²) in [5.74, 6) is -1.21. The van der Waals surface area contributed by atoms with Crippen molar-refractivity contribution in [2.75, 3.05) is 18.5 Å². The second-order valence-electron chi connectivity index (χ2n) is 8.66. The van der Waals surface area contributed by atoms with E-state index in [1.54, 1.807) is 24.3 Å². The molecule has 1 aliphatic carbocycles. The summed E-state index contributed by atoms with van der Waals surface area (Å²) in [6.07, 6.45) is 0.962. The van der Waals surface area contributed by atoms with Crippen LogP contribution in [-0.4, -0.2) is 41.6 Å². The fourth-order valence-corrected chi connectivity index (χ4v) is 4.41. The van der Waals surface area contributed by atoms with E-state index in [1.165, 1.54) is 30.3 Å². The van der Waals surface area contributed by atoms with Crippen LogP contribution >= 0.6 is 0 Å². The molecule has 9 nitrogen and oxygen atoms in total. The third kappa shape index (κ3) is 6.01. The van der Waals surface area contributed by atoms with Gasteiger partial charge in [-0.25, -0.2) is 4.79 Å². The Bertz CT molecular complexity index is 1490. The molecule has 1 aliphatic heterocycles. The zero-order chi connectivity index (χ0) is 27.2. The highest BCUT2D eigenvalue weighted by Gasteiger charge is 2.22. The molecule has 0 aromatic heterocycles. The van der Waals surface area contributed by atoms with E-state index in [9.17, 15) is 24.6 Å². The lowest BCUT2D eigenvalue weighted by molar-refractivity contribution is -0.140. The minimum atomic E-state index is -1.19. The molecule has 1 amide bonds. The van der Waals surface area contributed by atoms with E-state index in [2.05, 4.69) is 5.32 Å². The number of phenols is 1. The number of aromatic hydroxyl groups is 1. The Hall–Kier alpha value is -4.21. The summed E-state index contributed by atoms with van der Waals surface area (Å²) in [6.45, 7) is 4.79. The molecule has 0 bridgehead atoms. The number of carbonyl (C=O) groups excluding carboxylic acids is 1. The Morgan fingerprint density at radius 3 is 2.42 bits per heavy atom. The van der Waals surface area contributed by atoms with Crippen molar-refractivity contribution < 1.29 is 33.7 Å². The maximum atomic E-state index is 12.6. The first-order valence-electron chi connectivity index (χ1n) is 12.4. The summed E-state index contributed by atoms with van der Waals surface area (Å²) >= 11 is 0. The van der Waals surface area contributed by atoms with Crippen molar-refractivity contribution in [3.8, 4) is 28.2 Å². The molecular weight excluding hydrogens is 490 g/mol. The van der Waals surface area contributed by atoms with Crippen molar-refractivity contribution >= 4 is 28.5 Å². The third-order valence-electron chi connectivity index (χ3n) is 6.03. The van der Waals surface area contributed by atoms with Gasteiger partial charge in [0.1, 0.15) is 17.1 Å². The molecule has 2 aliphatic rings. The topological polar surface area (TPSA) is 135 Å². The number of benzene rings is 3. The number of carboxylic acid groups (broad SMARTS) is 1. The summed E-state index contributed by atoms with van der Waals surface area (Å²) in [5, 5.41) is 23.4. The van der Waals surface area contributed by atoms with Crippen molar-refractivity contribution in [2.24, 2.45) is 0 Å². The Labute approximate surface area is 219 Å². The molecule has 3 N–H and O–H groups in total. The number of anilines is 1. The molecule has 38 heavy (non-hydrogen) atoms.